The van der Waals surface area contributed by atoms with E-state index in [1.54, 1.807) is 0 Å². The summed E-state index contributed by atoms with van der Waals surface area (Å²) in [5.41, 5.74) is 2.18. The molecular weight excluding hydrogens is 148 g/mol. The smallest absolute Gasteiger partial charge is 0.109 e. The molecule has 1 aromatic carbocycles. The number of imidazole rings is 1. The molecule has 1 heterocycles. The molecule has 0 saturated heterocycles. The standard InChI is InChI=1S/C10H12N2/c1-7(2)10-11-8-5-3-4-6-9(8)12-10/h3-7H,1-2H3,(H,11,12). The molecule has 2 rings (SSSR count). The van der Waals surface area contributed by atoms with Crippen LogP contribution < -0.4 is 0 Å². The molecule has 1 aromatic heterocycles. The lowest BCUT2D eigenvalue weighted by atomic mass is 10.2. The second kappa shape index (κ2) is 2.63. The van der Waals surface area contributed by atoms with E-state index in [4.69, 9.17) is 0 Å². The van der Waals surface area contributed by atoms with Crippen LogP contribution in [0.5, 0.6) is 0 Å². The van der Waals surface area contributed by atoms with E-state index in [1.807, 2.05) is 24.3 Å². The fraction of sp³-hybridized carbons (Fsp3) is 0.300. The minimum absolute atomic E-state index is 0.470. The zero-order chi connectivity index (χ0) is 8.55. The third-order valence-electron chi connectivity index (χ3n) is 1.95. The van der Waals surface area contributed by atoms with E-state index in [-0.39, 0.29) is 0 Å². The van der Waals surface area contributed by atoms with Crippen LogP contribution in [0.4, 0.5) is 0 Å². The number of aromatic amines is 1. The molecule has 0 unspecified atom stereocenters. The zero-order valence-corrected chi connectivity index (χ0v) is 7.33. The van der Waals surface area contributed by atoms with E-state index in [9.17, 15) is 0 Å². The number of aromatic nitrogens is 2. The van der Waals surface area contributed by atoms with Crippen molar-refractivity contribution in [3.63, 3.8) is 0 Å². The van der Waals surface area contributed by atoms with Crippen molar-refractivity contribution < 1.29 is 0 Å². The van der Waals surface area contributed by atoms with Gasteiger partial charge in [-0.25, -0.2) is 4.98 Å². The molecule has 2 heteroatoms. The maximum absolute atomic E-state index is 4.46. The highest BCUT2D eigenvalue weighted by Gasteiger charge is 2.04. The second-order valence-electron chi connectivity index (χ2n) is 3.29. The summed E-state index contributed by atoms with van der Waals surface area (Å²) >= 11 is 0. The van der Waals surface area contributed by atoms with Crippen LogP contribution in [-0.4, -0.2) is 9.97 Å². The molecule has 2 aromatic rings. The number of benzene rings is 1. The number of rotatable bonds is 1. The Morgan fingerprint density at radius 3 is 2.67 bits per heavy atom. The third-order valence-corrected chi connectivity index (χ3v) is 1.95. The van der Waals surface area contributed by atoms with Crippen LogP contribution in [0, 0.1) is 0 Å². The van der Waals surface area contributed by atoms with E-state index < -0.39 is 0 Å². The van der Waals surface area contributed by atoms with Crippen molar-refractivity contribution in [3.05, 3.63) is 30.1 Å². The second-order valence-corrected chi connectivity index (χ2v) is 3.29. The van der Waals surface area contributed by atoms with E-state index in [2.05, 4.69) is 23.8 Å². The highest BCUT2D eigenvalue weighted by Crippen LogP contribution is 2.15. The molecule has 0 aliphatic carbocycles. The van der Waals surface area contributed by atoms with Gasteiger partial charge in [-0.2, -0.15) is 0 Å². The van der Waals surface area contributed by atoms with Gasteiger partial charge in [0.05, 0.1) is 11.0 Å². The van der Waals surface area contributed by atoms with Crippen molar-refractivity contribution >= 4 is 11.0 Å². The monoisotopic (exact) mass is 160 g/mol. The summed E-state index contributed by atoms with van der Waals surface area (Å²) in [6.07, 6.45) is 0. The number of fused-ring (bicyclic) bond motifs is 1. The minimum Gasteiger partial charge on any atom is -0.342 e. The van der Waals surface area contributed by atoms with Crippen LogP contribution in [0.2, 0.25) is 0 Å². The van der Waals surface area contributed by atoms with Crippen LogP contribution in [0.3, 0.4) is 0 Å². The van der Waals surface area contributed by atoms with Gasteiger partial charge in [-0.05, 0) is 12.1 Å². The van der Waals surface area contributed by atoms with Gasteiger partial charge < -0.3 is 4.98 Å². The van der Waals surface area contributed by atoms with E-state index in [0.717, 1.165) is 16.9 Å². The molecule has 1 N–H and O–H groups in total. The molecule has 0 radical (unpaired) electrons. The molecule has 0 bridgehead atoms. The average Bonchev–Trinajstić information content (AvgIpc) is 2.46. The SMILES string of the molecule is CC(C)c1nc2ccccc2[nH]1. The summed E-state index contributed by atoms with van der Waals surface area (Å²) in [5.74, 6) is 1.54. The van der Waals surface area contributed by atoms with Gasteiger partial charge in [0, 0.05) is 5.92 Å². The number of H-pyrrole nitrogens is 1. The van der Waals surface area contributed by atoms with Gasteiger partial charge in [0.15, 0.2) is 0 Å². The van der Waals surface area contributed by atoms with Gasteiger partial charge in [-0.15, -0.1) is 0 Å². The van der Waals surface area contributed by atoms with Crippen LogP contribution in [-0.2, 0) is 0 Å². The van der Waals surface area contributed by atoms with Crippen molar-refractivity contribution in [2.45, 2.75) is 19.8 Å². The lowest BCUT2D eigenvalue weighted by molar-refractivity contribution is 0.799. The predicted octanol–water partition coefficient (Wildman–Crippen LogP) is 2.69. The largest absolute Gasteiger partial charge is 0.342 e. The topological polar surface area (TPSA) is 28.7 Å². The van der Waals surface area contributed by atoms with E-state index in [1.165, 1.54) is 0 Å². The first-order valence-electron chi connectivity index (χ1n) is 4.22. The number of hydrogen-bond donors (Lipinski definition) is 1. The molecular formula is C10H12N2. The highest BCUT2D eigenvalue weighted by molar-refractivity contribution is 5.74. The van der Waals surface area contributed by atoms with E-state index >= 15 is 0 Å². The summed E-state index contributed by atoms with van der Waals surface area (Å²) in [5, 5.41) is 0. The van der Waals surface area contributed by atoms with Gasteiger partial charge in [0.1, 0.15) is 5.82 Å². The Morgan fingerprint density at radius 2 is 2.00 bits per heavy atom. The Kier molecular flexibility index (Phi) is 1.61. The van der Waals surface area contributed by atoms with Crippen LogP contribution >= 0.6 is 0 Å². The summed E-state index contributed by atoms with van der Waals surface area (Å²) in [6.45, 7) is 4.27. The molecule has 0 saturated carbocycles. The quantitative estimate of drug-likeness (QED) is 0.682. The lowest BCUT2D eigenvalue weighted by Gasteiger charge is -1.95. The van der Waals surface area contributed by atoms with Gasteiger partial charge in [-0.1, -0.05) is 26.0 Å². The average molecular weight is 160 g/mol. The van der Waals surface area contributed by atoms with Gasteiger partial charge in [-0.3, -0.25) is 0 Å². The summed E-state index contributed by atoms with van der Waals surface area (Å²) in [7, 11) is 0. The molecule has 0 atom stereocenters. The van der Waals surface area contributed by atoms with Crippen molar-refractivity contribution in [3.8, 4) is 0 Å². The summed E-state index contributed by atoms with van der Waals surface area (Å²) in [6, 6.07) is 8.10. The van der Waals surface area contributed by atoms with Crippen molar-refractivity contribution in [2.75, 3.05) is 0 Å². The molecule has 0 aliphatic heterocycles. The first kappa shape index (κ1) is 7.35. The molecule has 12 heavy (non-hydrogen) atoms. The fourth-order valence-electron chi connectivity index (χ4n) is 1.25. The summed E-state index contributed by atoms with van der Waals surface area (Å²) < 4.78 is 0. The Labute approximate surface area is 71.6 Å². The number of para-hydroxylation sites is 2. The van der Waals surface area contributed by atoms with Crippen molar-refractivity contribution in [1.29, 1.82) is 0 Å². The number of nitrogens with one attached hydrogen (secondary N) is 1. The van der Waals surface area contributed by atoms with Crippen molar-refractivity contribution in [1.82, 2.24) is 9.97 Å². The van der Waals surface area contributed by atoms with Gasteiger partial charge in [0.25, 0.3) is 0 Å². The first-order valence-corrected chi connectivity index (χ1v) is 4.22. The van der Waals surface area contributed by atoms with Crippen molar-refractivity contribution in [2.24, 2.45) is 0 Å². The Morgan fingerprint density at radius 1 is 1.25 bits per heavy atom. The molecule has 62 valence electrons. The maximum atomic E-state index is 4.46. The number of hydrogen-bond acceptors (Lipinski definition) is 1. The molecule has 0 aliphatic rings. The normalized spacial score (nSPS) is 11.2. The molecule has 0 spiro atoms. The highest BCUT2D eigenvalue weighted by atomic mass is 14.9. The van der Waals surface area contributed by atoms with Gasteiger partial charge in [0.2, 0.25) is 0 Å². The molecule has 0 amide bonds. The Bertz CT molecular complexity index is 354. The molecule has 2 nitrogen and oxygen atoms in total. The fourth-order valence-corrected chi connectivity index (χ4v) is 1.25. The van der Waals surface area contributed by atoms with E-state index in [0.29, 0.717) is 5.92 Å². The first-order chi connectivity index (χ1) is 5.77. The van der Waals surface area contributed by atoms with Crippen LogP contribution in [0.15, 0.2) is 24.3 Å². The Balaban J connectivity index is 2.62. The molecule has 0 fully saturated rings. The van der Waals surface area contributed by atoms with Crippen LogP contribution in [0.1, 0.15) is 25.6 Å². The maximum Gasteiger partial charge on any atom is 0.109 e. The van der Waals surface area contributed by atoms with Crippen LogP contribution in [0.25, 0.3) is 11.0 Å². The summed E-state index contributed by atoms with van der Waals surface area (Å²) in [4.78, 5) is 7.74. The zero-order valence-electron chi connectivity index (χ0n) is 7.33. The minimum atomic E-state index is 0.470. The third kappa shape index (κ3) is 1.09. The van der Waals surface area contributed by atoms with Gasteiger partial charge >= 0.3 is 0 Å². The number of nitrogens with zero attached hydrogens (tertiary/aromatic N) is 1. The Hall–Kier alpha value is -1.31. The predicted molar refractivity (Wildman–Crippen MR) is 50.2 cm³/mol. The lowest BCUT2D eigenvalue weighted by Crippen LogP contribution is -1.88.